The van der Waals surface area contributed by atoms with Gasteiger partial charge in [-0.25, -0.2) is 4.98 Å². The smallest absolute Gasteiger partial charge is 0.345 e. The molecule has 3 rings (SSSR count). The van der Waals surface area contributed by atoms with Crippen molar-refractivity contribution in [1.29, 1.82) is 0 Å². The van der Waals surface area contributed by atoms with Crippen molar-refractivity contribution in [1.82, 2.24) is 9.97 Å². The molecule has 2 aromatic carbocycles. The number of hydrogen-bond acceptors (Lipinski definition) is 2. The van der Waals surface area contributed by atoms with Crippen molar-refractivity contribution >= 4 is 22.6 Å². The Morgan fingerprint density at radius 2 is 1.83 bits per heavy atom. The van der Waals surface area contributed by atoms with Gasteiger partial charge in [-0.05, 0) is 42.5 Å². The van der Waals surface area contributed by atoms with Gasteiger partial charge in [0.15, 0.2) is 0 Å². The van der Waals surface area contributed by atoms with Gasteiger partial charge in [0.05, 0.1) is 22.9 Å². The predicted molar refractivity (Wildman–Crippen MR) is 80.3 cm³/mol. The van der Waals surface area contributed by atoms with Gasteiger partial charge in [0.1, 0.15) is 0 Å². The second-order valence-corrected chi connectivity index (χ2v) is 5.04. The number of rotatable bonds is 2. The summed E-state index contributed by atoms with van der Waals surface area (Å²) in [6.07, 6.45) is -2.87. The second-order valence-electron chi connectivity index (χ2n) is 5.04. The molecule has 0 aliphatic heterocycles. The van der Waals surface area contributed by atoms with Crippen LogP contribution in [0.3, 0.4) is 0 Å². The lowest BCUT2D eigenvalue weighted by Crippen LogP contribution is -2.26. The molecule has 3 aromatic rings. The Hall–Kier alpha value is -2.83. The van der Waals surface area contributed by atoms with E-state index in [4.69, 9.17) is 0 Å². The van der Waals surface area contributed by atoms with Crippen LogP contribution in [0, 0.1) is 0 Å². The number of H-pyrrole nitrogens is 1. The highest BCUT2D eigenvalue weighted by Crippen LogP contribution is 2.29. The molecular weight excluding hydrogens is 307 g/mol. The van der Waals surface area contributed by atoms with Gasteiger partial charge in [0.25, 0.3) is 5.91 Å². The molecule has 0 spiro atoms. The van der Waals surface area contributed by atoms with Gasteiger partial charge in [0, 0.05) is 18.3 Å². The number of aromatic nitrogens is 2. The topological polar surface area (TPSA) is 49.0 Å². The number of fused-ring (bicyclic) bond motifs is 1. The Labute approximate surface area is 129 Å². The fourth-order valence-electron chi connectivity index (χ4n) is 2.24. The normalized spacial score (nSPS) is 11.7. The van der Waals surface area contributed by atoms with E-state index >= 15 is 0 Å². The molecule has 0 aliphatic carbocycles. The van der Waals surface area contributed by atoms with E-state index in [1.165, 1.54) is 17.0 Å². The third kappa shape index (κ3) is 2.90. The molecule has 0 aliphatic rings. The summed E-state index contributed by atoms with van der Waals surface area (Å²) in [6.45, 7) is 0. The fraction of sp³-hybridized carbons (Fsp3) is 0.125. The van der Waals surface area contributed by atoms with Crippen LogP contribution in [0.25, 0.3) is 11.0 Å². The zero-order chi connectivity index (χ0) is 16.6. The first-order valence-corrected chi connectivity index (χ1v) is 6.75. The summed E-state index contributed by atoms with van der Waals surface area (Å²) in [7, 11) is 1.57. The van der Waals surface area contributed by atoms with E-state index in [-0.39, 0.29) is 5.56 Å². The number of alkyl halides is 3. The van der Waals surface area contributed by atoms with Crippen LogP contribution >= 0.6 is 0 Å². The molecule has 0 atom stereocenters. The first-order valence-electron chi connectivity index (χ1n) is 6.75. The van der Waals surface area contributed by atoms with Crippen molar-refractivity contribution in [2.45, 2.75) is 6.18 Å². The number of benzene rings is 2. The molecule has 0 fully saturated rings. The zero-order valence-corrected chi connectivity index (χ0v) is 12.1. The molecule has 4 nitrogen and oxygen atoms in total. The Morgan fingerprint density at radius 1 is 1.13 bits per heavy atom. The third-order valence-electron chi connectivity index (χ3n) is 3.55. The van der Waals surface area contributed by atoms with Crippen LogP contribution in [-0.2, 0) is 6.18 Å². The second kappa shape index (κ2) is 5.42. The van der Waals surface area contributed by atoms with E-state index in [0.29, 0.717) is 5.69 Å². The molecule has 1 N–H and O–H groups in total. The summed E-state index contributed by atoms with van der Waals surface area (Å²) < 4.78 is 37.7. The Kier molecular flexibility index (Phi) is 3.55. The van der Waals surface area contributed by atoms with Crippen LogP contribution in [0.1, 0.15) is 15.9 Å². The number of carbonyl (C=O) groups is 1. The number of amides is 1. The molecule has 0 bridgehead atoms. The molecule has 1 aromatic heterocycles. The maximum Gasteiger partial charge on any atom is 0.416 e. The van der Waals surface area contributed by atoms with Crippen molar-refractivity contribution < 1.29 is 18.0 Å². The van der Waals surface area contributed by atoms with Crippen LogP contribution < -0.4 is 4.90 Å². The number of nitrogens with one attached hydrogen (secondary N) is 1. The first-order chi connectivity index (χ1) is 10.9. The van der Waals surface area contributed by atoms with Gasteiger partial charge < -0.3 is 9.88 Å². The highest BCUT2D eigenvalue weighted by Gasteiger charge is 2.30. The SMILES string of the molecule is CN(C(=O)c1ccc(C(F)(F)F)cc1)c1ccc2nc[nH]c2c1. The highest BCUT2D eigenvalue weighted by atomic mass is 19.4. The van der Waals surface area contributed by atoms with Crippen LogP contribution in [0.15, 0.2) is 48.8 Å². The standard InChI is InChI=1S/C16H12F3N3O/c1-22(12-6-7-13-14(8-12)21-9-20-13)15(23)10-2-4-11(5-3-10)16(17,18)19/h2-9H,1H3,(H,20,21). The molecule has 0 radical (unpaired) electrons. The molecule has 1 heterocycles. The van der Waals surface area contributed by atoms with Crippen LogP contribution in [0.4, 0.5) is 18.9 Å². The van der Waals surface area contributed by atoms with E-state index in [9.17, 15) is 18.0 Å². The summed E-state index contributed by atoms with van der Waals surface area (Å²) in [5, 5.41) is 0. The van der Waals surface area contributed by atoms with Crippen molar-refractivity contribution in [3.05, 3.63) is 59.9 Å². The summed E-state index contributed by atoms with van der Waals surface area (Å²) in [6, 6.07) is 9.40. The van der Waals surface area contributed by atoms with Crippen LogP contribution in [-0.4, -0.2) is 22.9 Å². The number of imidazole rings is 1. The number of carbonyl (C=O) groups excluding carboxylic acids is 1. The lowest BCUT2D eigenvalue weighted by atomic mass is 10.1. The van der Waals surface area contributed by atoms with Gasteiger partial charge in [-0.1, -0.05) is 0 Å². The van der Waals surface area contributed by atoms with Crippen molar-refractivity contribution in [3.8, 4) is 0 Å². The van der Waals surface area contributed by atoms with Gasteiger partial charge in [-0.3, -0.25) is 4.79 Å². The summed E-state index contributed by atoms with van der Waals surface area (Å²) >= 11 is 0. The van der Waals surface area contributed by atoms with Gasteiger partial charge in [-0.15, -0.1) is 0 Å². The van der Waals surface area contributed by atoms with Crippen molar-refractivity contribution in [3.63, 3.8) is 0 Å². The maximum atomic E-state index is 12.6. The number of aromatic amines is 1. The van der Waals surface area contributed by atoms with Crippen molar-refractivity contribution in [2.24, 2.45) is 0 Å². The van der Waals surface area contributed by atoms with Crippen LogP contribution in [0.5, 0.6) is 0 Å². The number of nitrogens with zero attached hydrogens (tertiary/aromatic N) is 2. The third-order valence-corrected chi connectivity index (χ3v) is 3.55. The molecular formula is C16H12F3N3O. The lowest BCUT2D eigenvalue weighted by Gasteiger charge is -2.18. The molecule has 0 saturated carbocycles. The number of anilines is 1. The van der Waals surface area contributed by atoms with E-state index in [0.717, 1.165) is 23.2 Å². The van der Waals surface area contributed by atoms with Gasteiger partial charge in [0.2, 0.25) is 0 Å². The summed E-state index contributed by atoms with van der Waals surface area (Å²) in [4.78, 5) is 20.8. The fourth-order valence-corrected chi connectivity index (χ4v) is 2.24. The Morgan fingerprint density at radius 3 is 2.48 bits per heavy atom. The minimum Gasteiger partial charge on any atom is -0.345 e. The van der Waals surface area contributed by atoms with Gasteiger partial charge >= 0.3 is 6.18 Å². The largest absolute Gasteiger partial charge is 0.416 e. The maximum absolute atomic E-state index is 12.6. The Balaban J connectivity index is 1.86. The monoisotopic (exact) mass is 319 g/mol. The molecule has 23 heavy (non-hydrogen) atoms. The zero-order valence-electron chi connectivity index (χ0n) is 12.1. The summed E-state index contributed by atoms with van der Waals surface area (Å²) in [5.41, 5.74) is 1.56. The van der Waals surface area contributed by atoms with Crippen molar-refractivity contribution in [2.75, 3.05) is 11.9 Å². The molecule has 7 heteroatoms. The van der Waals surface area contributed by atoms with E-state index in [2.05, 4.69) is 9.97 Å². The minimum absolute atomic E-state index is 0.185. The average Bonchev–Trinajstić information content (AvgIpc) is 3.00. The predicted octanol–water partition coefficient (Wildman–Crippen LogP) is 3.86. The van der Waals surface area contributed by atoms with E-state index < -0.39 is 17.6 Å². The molecule has 0 unspecified atom stereocenters. The van der Waals surface area contributed by atoms with Gasteiger partial charge in [-0.2, -0.15) is 13.2 Å². The highest BCUT2D eigenvalue weighted by molar-refractivity contribution is 6.06. The Bertz CT molecular complexity index is 853. The molecule has 1 amide bonds. The quantitative estimate of drug-likeness (QED) is 0.780. The minimum atomic E-state index is -4.42. The first kappa shape index (κ1) is 15.1. The number of halogens is 3. The van der Waals surface area contributed by atoms with E-state index in [1.807, 2.05) is 0 Å². The average molecular weight is 319 g/mol. The van der Waals surface area contributed by atoms with Crippen LogP contribution in [0.2, 0.25) is 0 Å². The summed E-state index contributed by atoms with van der Waals surface area (Å²) in [5.74, 6) is -0.391. The lowest BCUT2D eigenvalue weighted by molar-refractivity contribution is -0.137. The number of hydrogen-bond donors (Lipinski definition) is 1. The van der Waals surface area contributed by atoms with E-state index in [1.54, 1.807) is 31.6 Å². The molecule has 118 valence electrons. The molecule has 0 saturated heterocycles.